The van der Waals surface area contributed by atoms with Gasteiger partial charge in [0.2, 0.25) is 5.91 Å². The Morgan fingerprint density at radius 1 is 1.14 bits per heavy atom. The van der Waals surface area contributed by atoms with Gasteiger partial charge in [-0.1, -0.05) is 30.3 Å². The first-order valence-corrected chi connectivity index (χ1v) is 9.08. The maximum Gasteiger partial charge on any atom is 0.221 e. The van der Waals surface area contributed by atoms with Crippen LogP contribution in [0.2, 0.25) is 0 Å². The molecule has 0 aliphatic heterocycles. The molecule has 3 N–H and O–H groups in total. The number of rotatable bonds is 6. The van der Waals surface area contributed by atoms with Crippen molar-refractivity contribution in [1.82, 2.24) is 10.6 Å². The van der Waals surface area contributed by atoms with Crippen LogP contribution in [-0.4, -0.2) is 25.5 Å². The van der Waals surface area contributed by atoms with Crippen LogP contribution in [-0.2, 0) is 16.8 Å². The van der Waals surface area contributed by atoms with Gasteiger partial charge in [-0.15, -0.1) is 24.0 Å². The monoisotopic (exact) mass is 496 g/mol. The number of hydrogen-bond acceptors (Lipinski definition) is 2. The second-order valence-corrected chi connectivity index (χ2v) is 6.92. The Kier molecular flexibility index (Phi) is 7.79. The van der Waals surface area contributed by atoms with Crippen molar-refractivity contribution in [3.8, 4) is 0 Å². The van der Waals surface area contributed by atoms with Crippen LogP contribution in [0.15, 0.2) is 53.5 Å². The molecule has 3 rings (SSSR count). The van der Waals surface area contributed by atoms with E-state index < -0.39 is 0 Å². The van der Waals surface area contributed by atoms with Gasteiger partial charge in [-0.2, -0.15) is 0 Å². The van der Waals surface area contributed by atoms with Gasteiger partial charge < -0.3 is 16.0 Å². The van der Waals surface area contributed by atoms with Crippen LogP contribution < -0.4 is 16.0 Å². The highest BCUT2D eigenvalue weighted by Gasteiger charge is 2.45. The predicted molar refractivity (Wildman–Crippen MR) is 122 cm³/mol. The number of carbonyl (C=O) groups is 1. The molecule has 0 spiro atoms. The molecule has 5 nitrogen and oxygen atoms in total. The molecular formula is C21H26FIN4O. The second kappa shape index (κ2) is 9.86. The lowest BCUT2D eigenvalue weighted by molar-refractivity contribution is -0.114. The molecule has 0 unspecified atom stereocenters. The summed E-state index contributed by atoms with van der Waals surface area (Å²) in [6, 6.07) is 14.6. The van der Waals surface area contributed by atoms with Gasteiger partial charge in [0, 0.05) is 38.2 Å². The summed E-state index contributed by atoms with van der Waals surface area (Å²) in [7, 11) is 1.71. The molecule has 1 aliphatic carbocycles. The largest absolute Gasteiger partial charge is 0.356 e. The summed E-state index contributed by atoms with van der Waals surface area (Å²) in [4.78, 5) is 15.4. The lowest BCUT2D eigenvalue weighted by atomic mass is 9.95. The summed E-state index contributed by atoms with van der Waals surface area (Å²) < 4.78 is 14.1. The molecule has 1 aliphatic rings. The smallest absolute Gasteiger partial charge is 0.221 e. The molecule has 1 saturated carbocycles. The third-order valence-electron chi connectivity index (χ3n) is 4.82. The minimum atomic E-state index is -0.145. The molecule has 2 aromatic carbocycles. The number of aliphatic imine (C=N–C) groups is 1. The quantitative estimate of drug-likeness (QED) is 0.324. The highest BCUT2D eigenvalue weighted by molar-refractivity contribution is 14.0. The summed E-state index contributed by atoms with van der Waals surface area (Å²) in [6.45, 7) is 2.69. The summed E-state index contributed by atoms with van der Waals surface area (Å²) >= 11 is 0. The SMILES string of the molecule is CN=C(NCc1cccc(NC(C)=O)c1)NCC1(c2ccccc2F)CC1.I. The topological polar surface area (TPSA) is 65.5 Å². The molecule has 0 aromatic heterocycles. The number of anilines is 1. The molecule has 7 heteroatoms. The van der Waals surface area contributed by atoms with E-state index in [2.05, 4.69) is 20.9 Å². The second-order valence-electron chi connectivity index (χ2n) is 6.92. The van der Waals surface area contributed by atoms with E-state index in [1.165, 1.54) is 13.0 Å². The molecule has 0 saturated heterocycles. The third kappa shape index (κ3) is 5.67. The number of halogens is 2. The fraction of sp³-hybridized carbons (Fsp3) is 0.333. The van der Waals surface area contributed by atoms with Crippen LogP contribution in [0.1, 0.15) is 30.9 Å². The van der Waals surface area contributed by atoms with Crippen molar-refractivity contribution in [3.05, 3.63) is 65.5 Å². The molecule has 1 fully saturated rings. The van der Waals surface area contributed by atoms with Crippen molar-refractivity contribution in [2.24, 2.45) is 4.99 Å². The van der Waals surface area contributed by atoms with Gasteiger partial charge in [0.15, 0.2) is 5.96 Å². The van der Waals surface area contributed by atoms with E-state index in [4.69, 9.17) is 0 Å². The van der Waals surface area contributed by atoms with Crippen LogP contribution in [0.25, 0.3) is 0 Å². The van der Waals surface area contributed by atoms with Gasteiger partial charge in [0.05, 0.1) is 0 Å². The third-order valence-corrected chi connectivity index (χ3v) is 4.82. The van der Waals surface area contributed by atoms with Crippen molar-refractivity contribution in [1.29, 1.82) is 0 Å². The van der Waals surface area contributed by atoms with E-state index in [-0.39, 0.29) is 41.1 Å². The average Bonchev–Trinajstić information content (AvgIpc) is 3.43. The first-order valence-electron chi connectivity index (χ1n) is 9.08. The lowest BCUT2D eigenvalue weighted by Crippen LogP contribution is -2.41. The number of nitrogens with zero attached hydrogens (tertiary/aromatic N) is 1. The van der Waals surface area contributed by atoms with Crippen LogP contribution in [0, 0.1) is 5.82 Å². The first-order chi connectivity index (χ1) is 13.0. The van der Waals surface area contributed by atoms with E-state index in [1.54, 1.807) is 13.1 Å². The number of carbonyl (C=O) groups excluding carboxylic acids is 1. The normalized spacial score (nSPS) is 14.6. The van der Waals surface area contributed by atoms with Crippen LogP contribution in [0.4, 0.5) is 10.1 Å². The Balaban J connectivity index is 0.00000280. The standard InChI is InChI=1S/C21H25FN4O.HI/c1-15(27)26-17-7-5-6-16(12-17)13-24-20(23-2)25-14-21(10-11-21)18-8-3-4-9-19(18)22;/h3-9,12H,10-11,13-14H2,1-2H3,(H,26,27)(H2,23,24,25);1H. The minimum absolute atomic E-state index is 0. The molecule has 150 valence electrons. The molecule has 0 atom stereocenters. The van der Waals surface area contributed by atoms with Crippen molar-refractivity contribution in [2.75, 3.05) is 18.9 Å². The Morgan fingerprint density at radius 2 is 1.89 bits per heavy atom. The summed E-state index contributed by atoms with van der Waals surface area (Å²) in [5.41, 5.74) is 2.42. The average molecular weight is 496 g/mol. The van der Waals surface area contributed by atoms with Crippen LogP contribution in [0.3, 0.4) is 0 Å². The molecule has 0 bridgehead atoms. The Labute approximate surface area is 182 Å². The number of nitrogens with one attached hydrogen (secondary N) is 3. The van der Waals surface area contributed by atoms with E-state index in [0.29, 0.717) is 19.0 Å². The lowest BCUT2D eigenvalue weighted by Gasteiger charge is -2.19. The van der Waals surface area contributed by atoms with E-state index in [0.717, 1.165) is 29.7 Å². The summed E-state index contributed by atoms with van der Waals surface area (Å²) in [5.74, 6) is 0.428. The first kappa shape index (κ1) is 22.1. The number of hydrogen-bond donors (Lipinski definition) is 3. The van der Waals surface area contributed by atoms with E-state index in [1.807, 2.05) is 36.4 Å². The van der Waals surface area contributed by atoms with Gasteiger partial charge >= 0.3 is 0 Å². The van der Waals surface area contributed by atoms with Crippen molar-refractivity contribution >= 4 is 41.5 Å². The number of guanidine groups is 1. The molecular weight excluding hydrogens is 470 g/mol. The highest BCUT2D eigenvalue weighted by atomic mass is 127. The maximum atomic E-state index is 14.1. The maximum absolute atomic E-state index is 14.1. The fourth-order valence-corrected chi connectivity index (χ4v) is 3.21. The highest BCUT2D eigenvalue weighted by Crippen LogP contribution is 2.48. The van der Waals surface area contributed by atoms with Crippen molar-refractivity contribution in [2.45, 2.75) is 31.7 Å². The van der Waals surface area contributed by atoms with Gasteiger partial charge in [0.25, 0.3) is 0 Å². The van der Waals surface area contributed by atoms with Crippen LogP contribution >= 0.6 is 24.0 Å². The molecule has 28 heavy (non-hydrogen) atoms. The van der Waals surface area contributed by atoms with Crippen LogP contribution in [0.5, 0.6) is 0 Å². The Bertz CT molecular complexity index is 852. The molecule has 0 heterocycles. The number of benzene rings is 2. The van der Waals surface area contributed by atoms with E-state index in [9.17, 15) is 9.18 Å². The van der Waals surface area contributed by atoms with Gasteiger partial charge in [0.1, 0.15) is 5.82 Å². The zero-order chi connectivity index (χ0) is 19.3. The summed E-state index contributed by atoms with van der Waals surface area (Å²) in [6.07, 6.45) is 1.94. The number of amides is 1. The van der Waals surface area contributed by atoms with E-state index >= 15 is 0 Å². The molecule has 2 aromatic rings. The Morgan fingerprint density at radius 3 is 2.54 bits per heavy atom. The fourth-order valence-electron chi connectivity index (χ4n) is 3.21. The Hall–Kier alpha value is -2.16. The zero-order valence-corrected chi connectivity index (χ0v) is 18.4. The van der Waals surface area contributed by atoms with Gasteiger partial charge in [-0.05, 0) is 42.2 Å². The van der Waals surface area contributed by atoms with Crippen molar-refractivity contribution < 1.29 is 9.18 Å². The van der Waals surface area contributed by atoms with Gasteiger partial charge in [-0.25, -0.2) is 4.39 Å². The van der Waals surface area contributed by atoms with Gasteiger partial charge in [-0.3, -0.25) is 9.79 Å². The zero-order valence-electron chi connectivity index (χ0n) is 16.1. The molecule has 1 amide bonds. The predicted octanol–water partition coefficient (Wildman–Crippen LogP) is 3.80. The summed E-state index contributed by atoms with van der Waals surface area (Å²) in [5, 5.41) is 9.36. The molecule has 0 radical (unpaired) electrons. The van der Waals surface area contributed by atoms with Crippen molar-refractivity contribution in [3.63, 3.8) is 0 Å². The minimum Gasteiger partial charge on any atom is -0.356 e.